The molecule has 1 aliphatic carbocycles. The molecule has 0 fully saturated rings. The van der Waals surface area contributed by atoms with Gasteiger partial charge in [-0.15, -0.1) is 0 Å². The fourth-order valence-corrected chi connectivity index (χ4v) is 5.06. The molecule has 144 valence electrons. The minimum absolute atomic E-state index is 0.200. The van der Waals surface area contributed by atoms with Gasteiger partial charge in [0.15, 0.2) is 0 Å². The van der Waals surface area contributed by atoms with Crippen LogP contribution in [0, 0.1) is 12.7 Å². The minimum atomic E-state index is -0.232. The molecule has 1 aliphatic heterocycles. The number of aromatic nitrogens is 1. The van der Waals surface area contributed by atoms with Gasteiger partial charge in [-0.1, -0.05) is 23.8 Å². The van der Waals surface area contributed by atoms with Crippen molar-refractivity contribution in [3.8, 4) is 0 Å². The molecule has 3 nitrogen and oxygen atoms in total. The van der Waals surface area contributed by atoms with Gasteiger partial charge in [-0.05, 0) is 68.0 Å². The number of carbonyl (C=O) groups excluding carboxylic acids is 1. The highest BCUT2D eigenvalue weighted by Crippen LogP contribution is 2.42. The summed E-state index contributed by atoms with van der Waals surface area (Å²) in [6, 6.07) is 13.4. The summed E-state index contributed by atoms with van der Waals surface area (Å²) >= 11 is 0. The molecule has 2 heterocycles. The SMILES string of the molecule is Cc1ccc2c(c1)c1c3n2CCN(C(=O)CCc2ccc(F)cc2)[C@H]3CCC1. The third kappa shape index (κ3) is 2.83. The summed E-state index contributed by atoms with van der Waals surface area (Å²) in [4.78, 5) is 15.2. The zero-order valence-corrected chi connectivity index (χ0v) is 16.2. The van der Waals surface area contributed by atoms with Crippen molar-refractivity contribution in [1.82, 2.24) is 9.47 Å². The van der Waals surface area contributed by atoms with Gasteiger partial charge in [-0.2, -0.15) is 0 Å². The topological polar surface area (TPSA) is 25.2 Å². The van der Waals surface area contributed by atoms with Gasteiger partial charge in [0.25, 0.3) is 0 Å². The molecule has 0 unspecified atom stereocenters. The van der Waals surface area contributed by atoms with E-state index < -0.39 is 0 Å². The molecule has 3 aromatic rings. The second-order valence-corrected chi connectivity index (χ2v) is 8.16. The van der Waals surface area contributed by atoms with Crippen LogP contribution in [0.4, 0.5) is 4.39 Å². The van der Waals surface area contributed by atoms with E-state index in [4.69, 9.17) is 0 Å². The van der Waals surface area contributed by atoms with Gasteiger partial charge >= 0.3 is 0 Å². The Bertz CT molecular complexity index is 1050. The summed E-state index contributed by atoms with van der Waals surface area (Å²) in [7, 11) is 0. The third-order valence-corrected chi connectivity index (χ3v) is 6.39. The quantitative estimate of drug-likeness (QED) is 0.635. The van der Waals surface area contributed by atoms with Gasteiger partial charge in [-0.3, -0.25) is 4.79 Å². The molecule has 0 spiro atoms. The molecule has 0 N–H and O–H groups in total. The molecule has 4 heteroatoms. The van der Waals surface area contributed by atoms with Crippen LogP contribution >= 0.6 is 0 Å². The monoisotopic (exact) mass is 376 g/mol. The molecular formula is C24H25FN2O. The smallest absolute Gasteiger partial charge is 0.223 e. The van der Waals surface area contributed by atoms with Gasteiger partial charge < -0.3 is 9.47 Å². The number of carbonyl (C=O) groups is 1. The fraction of sp³-hybridized carbons (Fsp3) is 0.375. The number of hydrogen-bond acceptors (Lipinski definition) is 1. The van der Waals surface area contributed by atoms with Crippen LogP contribution in [-0.2, 0) is 24.2 Å². The molecular weight excluding hydrogens is 351 g/mol. The van der Waals surface area contributed by atoms with Crippen LogP contribution in [0.1, 0.15) is 47.7 Å². The lowest BCUT2D eigenvalue weighted by Gasteiger charge is -2.40. The first-order valence-corrected chi connectivity index (χ1v) is 10.3. The molecule has 0 saturated carbocycles. The molecule has 1 amide bonds. The van der Waals surface area contributed by atoms with E-state index in [1.807, 2.05) is 0 Å². The number of fused-ring (bicyclic) bond motifs is 3. The number of amides is 1. The maximum atomic E-state index is 13.1. The van der Waals surface area contributed by atoms with Crippen LogP contribution < -0.4 is 0 Å². The van der Waals surface area contributed by atoms with Crippen molar-refractivity contribution in [3.63, 3.8) is 0 Å². The molecule has 0 bridgehead atoms. The molecule has 1 atom stereocenters. The Labute approximate surface area is 164 Å². The van der Waals surface area contributed by atoms with Crippen molar-refractivity contribution < 1.29 is 9.18 Å². The van der Waals surface area contributed by atoms with Crippen molar-refractivity contribution in [2.75, 3.05) is 6.54 Å². The van der Waals surface area contributed by atoms with Gasteiger partial charge in [0, 0.05) is 36.1 Å². The first-order chi connectivity index (χ1) is 13.6. The second kappa shape index (κ2) is 6.77. The molecule has 2 aromatic carbocycles. The molecule has 5 rings (SSSR count). The molecule has 0 radical (unpaired) electrons. The molecule has 1 aromatic heterocycles. The highest BCUT2D eigenvalue weighted by Gasteiger charge is 2.36. The van der Waals surface area contributed by atoms with E-state index in [2.05, 4.69) is 34.6 Å². The summed E-state index contributed by atoms with van der Waals surface area (Å²) in [5.74, 6) is -0.0150. The van der Waals surface area contributed by atoms with Crippen LogP contribution in [0.15, 0.2) is 42.5 Å². The van der Waals surface area contributed by atoms with Gasteiger partial charge in [-0.25, -0.2) is 4.39 Å². The third-order valence-electron chi connectivity index (χ3n) is 6.39. The summed E-state index contributed by atoms with van der Waals surface area (Å²) in [6.07, 6.45) is 4.43. The molecule has 2 aliphatic rings. The van der Waals surface area contributed by atoms with Gasteiger partial charge in [0.05, 0.1) is 6.04 Å². The maximum Gasteiger partial charge on any atom is 0.223 e. The van der Waals surface area contributed by atoms with Crippen LogP contribution in [-0.4, -0.2) is 21.9 Å². The van der Waals surface area contributed by atoms with E-state index in [9.17, 15) is 9.18 Å². The van der Waals surface area contributed by atoms with Crippen LogP contribution in [0.2, 0.25) is 0 Å². The average molecular weight is 376 g/mol. The van der Waals surface area contributed by atoms with E-state index in [1.165, 1.54) is 39.9 Å². The van der Waals surface area contributed by atoms with E-state index in [1.54, 1.807) is 12.1 Å². The number of hydrogen-bond donors (Lipinski definition) is 0. The lowest BCUT2D eigenvalue weighted by molar-refractivity contribution is -0.135. The maximum absolute atomic E-state index is 13.1. The van der Waals surface area contributed by atoms with E-state index in [0.717, 1.165) is 37.9 Å². The largest absolute Gasteiger partial charge is 0.341 e. The normalized spacial score (nSPS) is 18.4. The average Bonchev–Trinajstić information content (AvgIpc) is 3.02. The number of halogens is 1. The standard InChI is InChI=1S/C24H25FN2O/c1-16-5-11-21-20(15-16)19-3-2-4-22-24(19)27(21)14-13-26(22)23(28)12-8-17-6-9-18(25)10-7-17/h5-7,9-11,15,22H,2-4,8,12-14H2,1H3/t22-/m0/s1. The number of rotatable bonds is 3. The molecule has 28 heavy (non-hydrogen) atoms. The lowest BCUT2D eigenvalue weighted by Crippen LogP contribution is -2.43. The molecule has 0 saturated heterocycles. The number of nitrogens with zero attached hydrogens (tertiary/aromatic N) is 2. The predicted molar refractivity (Wildman–Crippen MR) is 109 cm³/mol. The number of aryl methyl sites for hydroxylation is 3. The van der Waals surface area contributed by atoms with Gasteiger partial charge in [0.1, 0.15) is 5.82 Å². The zero-order valence-electron chi connectivity index (χ0n) is 16.2. The lowest BCUT2D eigenvalue weighted by atomic mass is 9.89. The fourth-order valence-electron chi connectivity index (χ4n) is 5.06. The Morgan fingerprint density at radius 1 is 1.14 bits per heavy atom. The van der Waals surface area contributed by atoms with Crippen molar-refractivity contribution in [1.29, 1.82) is 0 Å². The van der Waals surface area contributed by atoms with Crippen molar-refractivity contribution >= 4 is 16.8 Å². The first-order valence-electron chi connectivity index (χ1n) is 10.3. The first kappa shape index (κ1) is 17.5. The second-order valence-electron chi connectivity index (χ2n) is 8.16. The van der Waals surface area contributed by atoms with E-state index in [-0.39, 0.29) is 17.8 Å². The van der Waals surface area contributed by atoms with Crippen LogP contribution in [0.25, 0.3) is 10.9 Å². The summed E-state index contributed by atoms with van der Waals surface area (Å²) in [5, 5.41) is 1.38. The Morgan fingerprint density at radius 2 is 1.96 bits per heavy atom. The summed E-state index contributed by atoms with van der Waals surface area (Å²) < 4.78 is 15.5. The Balaban J connectivity index is 1.42. The van der Waals surface area contributed by atoms with Crippen molar-refractivity contribution in [2.45, 2.75) is 51.6 Å². The zero-order chi connectivity index (χ0) is 19.3. The van der Waals surface area contributed by atoms with Crippen LogP contribution in [0.5, 0.6) is 0 Å². The van der Waals surface area contributed by atoms with E-state index >= 15 is 0 Å². The number of benzene rings is 2. The van der Waals surface area contributed by atoms with Crippen molar-refractivity contribution in [2.24, 2.45) is 0 Å². The Morgan fingerprint density at radius 3 is 2.79 bits per heavy atom. The summed E-state index contributed by atoms with van der Waals surface area (Å²) in [5.41, 5.74) is 6.45. The summed E-state index contributed by atoms with van der Waals surface area (Å²) in [6.45, 7) is 3.79. The van der Waals surface area contributed by atoms with E-state index in [0.29, 0.717) is 12.8 Å². The minimum Gasteiger partial charge on any atom is -0.341 e. The van der Waals surface area contributed by atoms with Crippen LogP contribution in [0.3, 0.4) is 0 Å². The Kier molecular flexibility index (Phi) is 4.22. The van der Waals surface area contributed by atoms with Crippen molar-refractivity contribution in [3.05, 3.63) is 70.7 Å². The highest BCUT2D eigenvalue weighted by molar-refractivity contribution is 5.87. The highest BCUT2D eigenvalue weighted by atomic mass is 19.1. The van der Waals surface area contributed by atoms with Gasteiger partial charge in [0.2, 0.25) is 5.91 Å². The Hall–Kier alpha value is -2.62. The predicted octanol–water partition coefficient (Wildman–Crippen LogP) is 4.94.